The van der Waals surface area contributed by atoms with Crippen molar-refractivity contribution in [2.75, 3.05) is 5.73 Å². The maximum atomic E-state index is 10.5. The Morgan fingerprint density at radius 1 is 1.62 bits per heavy atom. The van der Waals surface area contributed by atoms with Crippen LogP contribution < -0.4 is 10.5 Å². The zero-order chi connectivity index (χ0) is 12.3. The van der Waals surface area contributed by atoms with Crippen LogP contribution in [0.15, 0.2) is 12.1 Å². The number of terminal acetylenes is 1. The SMILES string of the molecule is C#CC(C)(C)Oc1ccc([N+](=O)[O-])c(N)n1. The van der Waals surface area contributed by atoms with Crippen molar-refractivity contribution in [3.05, 3.63) is 22.2 Å². The molecule has 0 amide bonds. The van der Waals surface area contributed by atoms with Crippen molar-refractivity contribution >= 4 is 11.5 Å². The summed E-state index contributed by atoms with van der Waals surface area (Å²) in [4.78, 5) is 13.6. The number of hydrogen-bond acceptors (Lipinski definition) is 5. The summed E-state index contributed by atoms with van der Waals surface area (Å²) in [5, 5.41) is 10.5. The minimum absolute atomic E-state index is 0.158. The third-order valence-corrected chi connectivity index (χ3v) is 1.78. The number of hydrogen-bond donors (Lipinski definition) is 1. The Labute approximate surface area is 92.6 Å². The van der Waals surface area contributed by atoms with Crippen LogP contribution in [0.4, 0.5) is 11.5 Å². The summed E-state index contributed by atoms with van der Waals surface area (Å²) >= 11 is 0. The van der Waals surface area contributed by atoms with E-state index in [4.69, 9.17) is 16.9 Å². The zero-order valence-electron chi connectivity index (χ0n) is 8.93. The van der Waals surface area contributed by atoms with E-state index in [-0.39, 0.29) is 17.4 Å². The number of nitrogens with two attached hydrogens (primary N) is 1. The average molecular weight is 221 g/mol. The van der Waals surface area contributed by atoms with Crippen LogP contribution in [0.2, 0.25) is 0 Å². The van der Waals surface area contributed by atoms with Gasteiger partial charge in [-0.25, -0.2) is 0 Å². The first-order chi connectivity index (χ1) is 7.35. The van der Waals surface area contributed by atoms with E-state index in [9.17, 15) is 10.1 Å². The molecule has 0 aromatic carbocycles. The third kappa shape index (κ3) is 2.60. The lowest BCUT2D eigenvalue weighted by atomic mass is 10.1. The molecular weight excluding hydrogens is 210 g/mol. The van der Waals surface area contributed by atoms with Crippen molar-refractivity contribution in [1.29, 1.82) is 0 Å². The number of nitrogens with zero attached hydrogens (tertiary/aromatic N) is 2. The Hall–Kier alpha value is -2.29. The second-order valence-corrected chi connectivity index (χ2v) is 3.57. The molecule has 2 N–H and O–H groups in total. The van der Waals surface area contributed by atoms with Gasteiger partial charge in [0.15, 0.2) is 5.60 Å². The molecular formula is C10H11N3O3. The molecule has 1 heterocycles. The lowest BCUT2D eigenvalue weighted by Gasteiger charge is -2.19. The van der Waals surface area contributed by atoms with Crippen LogP contribution in [-0.2, 0) is 0 Å². The first-order valence-corrected chi connectivity index (χ1v) is 4.43. The summed E-state index contributed by atoms with van der Waals surface area (Å²) in [6.07, 6.45) is 5.23. The van der Waals surface area contributed by atoms with E-state index >= 15 is 0 Å². The highest BCUT2D eigenvalue weighted by molar-refractivity contribution is 5.53. The molecule has 0 spiro atoms. The molecule has 0 aliphatic rings. The fourth-order valence-electron chi connectivity index (χ4n) is 0.951. The van der Waals surface area contributed by atoms with Gasteiger partial charge < -0.3 is 10.5 Å². The lowest BCUT2D eigenvalue weighted by Crippen LogP contribution is -2.26. The van der Waals surface area contributed by atoms with E-state index in [2.05, 4.69) is 10.9 Å². The van der Waals surface area contributed by atoms with Gasteiger partial charge in [0.25, 0.3) is 0 Å². The van der Waals surface area contributed by atoms with E-state index in [0.29, 0.717) is 0 Å². The second kappa shape index (κ2) is 4.06. The predicted molar refractivity (Wildman–Crippen MR) is 58.8 cm³/mol. The highest BCUT2D eigenvalue weighted by Crippen LogP contribution is 2.24. The third-order valence-electron chi connectivity index (χ3n) is 1.78. The quantitative estimate of drug-likeness (QED) is 0.472. The standard InChI is InChI=1S/C10H11N3O3/c1-4-10(2,3)16-8-6-5-7(13(14)15)9(11)12-8/h1,5-6H,2-3H3,(H2,11,12). The molecule has 0 unspecified atom stereocenters. The number of ether oxygens (including phenoxy) is 1. The molecule has 0 saturated carbocycles. The molecule has 0 aliphatic heterocycles. The van der Waals surface area contributed by atoms with Crippen LogP contribution in [0.1, 0.15) is 13.8 Å². The van der Waals surface area contributed by atoms with Crippen molar-refractivity contribution in [2.24, 2.45) is 0 Å². The van der Waals surface area contributed by atoms with Crippen LogP contribution >= 0.6 is 0 Å². The number of aromatic nitrogens is 1. The van der Waals surface area contributed by atoms with Crippen LogP contribution in [0.5, 0.6) is 5.88 Å². The second-order valence-electron chi connectivity index (χ2n) is 3.57. The Morgan fingerprint density at radius 3 is 2.69 bits per heavy atom. The average Bonchev–Trinajstić information content (AvgIpc) is 2.16. The van der Waals surface area contributed by atoms with E-state index in [1.807, 2.05) is 0 Å². The first kappa shape index (κ1) is 11.8. The van der Waals surface area contributed by atoms with Crippen molar-refractivity contribution in [1.82, 2.24) is 4.98 Å². The van der Waals surface area contributed by atoms with Crippen LogP contribution in [0, 0.1) is 22.5 Å². The van der Waals surface area contributed by atoms with E-state index < -0.39 is 10.5 Å². The number of nitrogen functional groups attached to an aromatic ring is 1. The van der Waals surface area contributed by atoms with Gasteiger partial charge in [0.05, 0.1) is 4.92 Å². The van der Waals surface area contributed by atoms with Gasteiger partial charge in [-0.05, 0) is 13.8 Å². The zero-order valence-corrected chi connectivity index (χ0v) is 8.93. The molecule has 1 aromatic heterocycles. The summed E-state index contributed by atoms with van der Waals surface area (Å²) in [5.41, 5.74) is 4.30. The topological polar surface area (TPSA) is 91.3 Å². The molecule has 0 bridgehead atoms. The maximum absolute atomic E-state index is 10.5. The maximum Gasteiger partial charge on any atom is 0.311 e. The Balaban J connectivity index is 2.99. The summed E-state index contributed by atoms with van der Waals surface area (Å²) in [6.45, 7) is 3.35. The number of anilines is 1. The fraction of sp³-hybridized carbons (Fsp3) is 0.300. The van der Waals surface area contributed by atoms with Gasteiger partial charge in [-0.1, -0.05) is 5.92 Å². The Bertz CT molecular complexity index is 463. The lowest BCUT2D eigenvalue weighted by molar-refractivity contribution is -0.384. The summed E-state index contributed by atoms with van der Waals surface area (Å²) in [6, 6.07) is 2.58. The van der Waals surface area contributed by atoms with E-state index in [1.54, 1.807) is 13.8 Å². The minimum atomic E-state index is -0.838. The van der Waals surface area contributed by atoms with Crippen molar-refractivity contribution < 1.29 is 9.66 Å². The van der Waals surface area contributed by atoms with Gasteiger partial charge in [0.2, 0.25) is 11.7 Å². The number of nitro groups is 1. The van der Waals surface area contributed by atoms with Crippen molar-refractivity contribution in [3.8, 4) is 18.2 Å². The van der Waals surface area contributed by atoms with Crippen molar-refractivity contribution in [3.63, 3.8) is 0 Å². The van der Waals surface area contributed by atoms with Crippen molar-refractivity contribution in [2.45, 2.75) is 19.4 Å². The molecule has 6 nitrogen and oxygen atoms in total. The molecule has 16 heavy (non-hydrogen) atoms. The summed E-state index contributed by atoms with van der Waals surface area (Å²) in [5.74, 6) is 2.37. The molecule has 0 saturated heterocycles. The largest absolute Gasteiger partial charge is 0.458 e. The predicted octanol–water partition coefficient (Wildman–Crippen LogP) is 1.36. The highest BCUT2D eigenvalue weighted by atomic mass is 16.6. The van der Waals surface area contributed by atoms with E-state index in [0.717, 1.165) is 0 Å². The number of rotatable bonds is 3. The molecule has 0 fully saturated rings. The highest BCUT2D eigenvalue weighted by Gasteiger charge is 2.19. The molecule has 1 rings (SSSR count). The van der Waals surface area contributed by atoms with Gasteiger partial charge >= 0.3 is 5.69 Å². The smallest absolute Gasteiger partial charge is 0.311 e. The van der Waals surface area contributed by atoms with Gasteiger partial charge in [-0.2, -0.15) is 4.98 Å². The first-order valence-electron chi connectivity index (χ1n) is 4.43. The Kier molecular flexibility index (Phi) is 2.99. The molecule has 84 valence electrons. The van der Waals surface area contributed by atoms with Crippen LogP contribution in [-0.4, -0.2) is 15.5 Å². The van der Waals surface area contributed by atoms with Crippen LogP contribution in [0.25, 0.3) is 0 Å². The van der Waals surface area contributed by atoms with E-state index in [1.165, 1.54) is 12.1 Å². The summed E-state index contributed by atoms with van der Waals surface area (Å²) in [7, 11) is 0. The fourth-order valence-corrected chi connectivity index (χ4v) is 0.951. The molecule has 1 aromatic rings. The molecule has 0 radical (unpaired) electrons. The molecule has 6 heteroatoms. The molecule has 0 atom stereocenters. The van der Waals surface area contributed by atoms with Gasteiger partial charge in [-0.15, -0.1) is 6.42 Å². The van der Waals surface area contributed by atoms with Gasteiger partial charge in [0.1, 0.15) is 0 Å². The van der Waals surface area contributed by atoms with Gasteiger partial charge in [-0.3, -0.25) is 10.1 Å². The summed E-state index contributed by atoms with van der Waals surface area (Å²) < 4.78 is 5.32. The normalized spacial score (nSPS) is 10.6. The minimum Gasteiger partial charge on any atom is -0.458 e. The Morgan fingerprint density at radius 2 is 2.25 bits per heavy atom. The molecule has 0 aliphatic carbocycles. The van der Waals surface area contributed by atoms with Gasteiger partial charge in [0, 0.05) is 12.1 Å². The monoisotopic (exact) mass is 221 g/mol. The number of pyridine rings is 1. The van der Waals surface area contributed by atoms with Crippen LogP contribution in [0.3, 0.4) is 0 Å².